The van der Waals surface area contributed by atoms with Crippen LogP contribution in [0.15, 0.2) is 6.08 Å². The highest BCUT2D eigenvalue weighted by molar-refractivity contribution is 6.31. The number of hydrogen-bond donors (Lipinski definition) is 1. The van der Waals surface area contributed by atoms with Crippen molar-refractivity contribution in [1.29, 1.82) is 0 Å². The molecule has 0 aromatic carbocycles. The van der Waals surface area contributed by atoms with Gasteiger partial charge in [-0.3, -0.25) is 9.48 Å². The molecule has 5 nitrogen and oxygen atoms in total. The molecule has 0 aliphatic heterocycles. The SMILES string of the molecule is Cc1nn(C)c(Cl)c1/C=C/C(=O)N(C)CC(O)C(F)(F)F. The summed E-state index contributed by atoms with van der Waals surface area (Å²) < 4.78 is 38.0. The number of halogens is 4. The molecular formula is C12H15ClF3N3O2. The van der Waals surface area contributed by atoms with Crippen LogP contribution in [0, 0.1) is 6.92 Å². The lowest BCUT2D eigenvalue weighted by atomic mass is 10.2. The maximum absolute atomic E-state index is 12.2. The molecule has 0 bridgehead atoms. The Labute approximate surface area is 124 Å². The van der Waals surface area contributed by atoms with Crippen molar-refractivity contribution in [2.24, 2.45) is 7.05 Å². The Morgan fingerprint density at radius 2 is 2.14 bits per heavy atom. The topological polar surface area (TPSA) is 58.4 Å². The van der Waals surface area contributed by atoms with Gasteiger partial charge in [0, 0.05) is 25.7 Å². The number of alkyl halides is 3. The monoisotopic (exact) mass is 325 g/mol. The highest BCUT2D eigenvalue weighted by Gasteiger charge is 2.39. The summed E-state index contributed by atoms with van der Waals surface area (Å²) in [6, 6.07) is 0. The van der Waals surface area contributed by atoms with E-state index in [1.807, 2.05) is 0 Å². The number of aromatic nitrogens is 2. The molecule has 1 amide bonds. The van der Waals surface area contributed by atoms with Crippen molar-refractivity contribution >= 4 is 23.6 Å². The Bertz CT molecular complexity index is 555. The van der Waals surface area contributed by atoms with Crippen LogP contribution in [0.25, 0.3) is 6.08 Å². The number of aliphatic hydroxyl groups excluding tert-OH is 1. The van der Waals surface area contributed by atoms with Gasteiger partial charge in [0.2, 0.25) is 5.91 Å². The molecule has 1 heterocycles. The Balaban J connectivity index is 2.74. The Kier molecular flexibility index (Phi) is 5.41. The van der Waals surface area contributed by atoms with E-state index < -0.39 is 24.7 Å². The number of carbonyl (C=O) groups is 1. The maximum Gasteiger partial charge on any atom is 0.416 e. The van der Waals surface area contributed by atoms with E-state index in [1.54, 1.807) is 14.0 Å². The van der Waals surface area contributed by atoms with E-state index in [9.17, 15) is 18.0 Å². The van der Waals surface area contributed by atoms with Crippen LogP contribution in [0.3, 0.4) is 0 Å². The van der Waals surface area contributed by atoms with Crippen LogP contribution in [0.2, 0.25) is 5.15 Å². The van der Waals surface area contributed by atoms with Gasteiger partial charge in [-0.25, -0.2) is 0 Å². The zero-order valence-corrected chi connectivity index (χ0v) is 12.4. The van der Waals surface area contributed by atoms with Gasteiger partial charge in [0.05, 0.1) is 12.2 Å². The molecule has 0 saturated heterocycles. The van der Waals surface area contributed by atoms with Crippen molar-refractivity contribution in [3.05, 3.63) is 22.5 Å². The number of amides is 1. The van der Waals surface area contributed by atoms with Gasteiger partial charge < -0.3 is 10.0 Å². The first kappa shape index (κ1) is 17.5. The van der Waals surface area contributed by atoms with E-state index in [1.165, 1.54) is 17.8 Å². The quantitative estimate of drug-likeness (QED) is 0.858. The highest BCUT2D eigenvalue weighted by atomic mass is 35.5. The predicted molar refractivity (Wildman–Crippen MR) is 71.7 cm³/mol. The molecular weight excluding hydrogens is 311 g/mol. The van der Waals surface area contributed by atoms with E-state index in [4.69, 9.17) is 16.7 Å². The summed E-state index contributed by atoms with van der Waals surface area (Å²) in [5, 5.41) is 13.3. The van der Waals surface area contributed by atoms with Crippen LogP contribution in [0.4, 0.5) is 13.2 Å². The first-order valence-electron chi connectivity index (χ1n) is 5.91. The van der Waals surface area contributed by atoms with Crippen molar-refractivity contribution in [2.75, 3.05) is 13.6 Å². The highest BCUT2D eigenvalue weighted by Crippen LogP contribution is 2.21. The molecule has 1 unspecified atom stereocenters. The minimum absolute atomic E-state index is 0.314. The second-order valence-corrected chi connectivity index (χ2v) is 4.88. The molecule has 0 radical (unpaired) electrons. The Morgan fingerprint density at radius 3 is 2.57 bits per heavy atom. The number of rotatable bonds is 4. The summed E-state index contributed by atoms with van der Waals surface area (Å²) in [6.45, 7) is 0.847. The van der Waals surface area contributed by atoms with Crippen LogP contribution in [0.5, 0.6) is 0 Å². The van der Waals surface area contributed by atoms with E-state index in [-0.39, 0.29) is 0 Å². The van der Waals surface area contributed by atoms with Crippen LogP contribution in [0.1, 0.15) is 11.3 Å². The maximum atomic E-state index is 12.2. The number of aliphatic hydroxyl groups is 1. The van der Waals surface area contributed by atoms with E-state index in [0.717, 1.165) is 11.0 Å². The Hall–Kier alpha value is -1.54. The number of likely N-dealkylation sites (N-methyl/N-ethyl adjacent to an activating group) is 1. The molecule has 0 saturated carbocycles. The second kappa shape index (κ2) is 6.48. The smallest absolute Gasteiger partial charge is 0.382 e. The van der Waals surface area contributed by atoms with Gasteiger partial charge in [-0.15, -0.1) is 0 Å². The van der Waals surface area contributed by atoms with Gasteiger partial charge in [-0.1, -0.05) is 11.6 Å². The van der Waals surface area contributed by atoms with Crippen molar-refractivity contribution in [3.63, 3.8) is 0 Å². The number of nitrogens with zero attached hydrogens (tertiary/aromatic N) is 3. The summed E-state index contributed by atoms with van der Waals surface area (Å²) in [6.07, 6.45) is -4.88. The van der Waals surface area contributed by atoms with Gasteiger partial charge in [0.25, 0.3) is 0 Å². The van der Waals surface area contributed by atoms with Crippen molar-refractivity contribution in [3.8, 4) is 0 Å². The van der Waals surface area contributed by atoms with Crippen molar-refractivity contribution in [2.45, 2.75) is 19.2 Å². The van der Waals surface area contributed by atoms with Crippen molar-refractivity contribution < 1.29 is 23.1 Å². The summed E-state index contributed by atoms with van der Waals surface area (Å²) in [5.41, 5.74) is 1.10. The fourth-order valence-electron chi connectivity index (χ4n) is 1.57. The van der Waals surface area contributed by atoms with Gasteiger partial charge in [-0.2, -0.15) is 18.3 Å². The molecule has 0 fully saturated rings. The van der Waals surface area contributed by atoms with Gasteiger partial charge in [0.15, 0.2) is 6.10 Å². The number of carbonyl (C=O) groups excluding carboxylic acids is 1. The lowest BCUT2D eigenvalue weighted by Gasteiger charge is -2.21. The molecule has 21 heavy (non-hydrogen) atoms. The van der Waals surface area contributed by atoms with Crippen LogP contribution >= 0.6 is 11.6 Å². The third-order valence-corrected chi connectivity index (χ3v) is 3.24. The normalized spacial score (nSPS) is 13.7. The zero-order valence-electron chi connectivity index (χ0n) is 11.6. The second-order valence-electron chi connectivity index (χ2n) is 4.52. The lowest BCUT2D eigenvalue weighted by Crippen LogP contribution is -2.41. The van der Waals surface area contributed by atoms with Gasteiger partial charge in [-0.05, 0) is 13.0 Å². The summed E-state index contributed by atoms with van der Waals surface area (Å²) in [7, 11) is 2.79. The number of hydrogen-bond acceptors (Lipinski definition) is 3. The minimum Gasteiger partial charge on any atom is -0.382 e. The van der Waals surface area contributed by atoms with Gasteiger partial charge >= 0.3 is 6.18 Å². The molecule has 1 aromatic rings. The third-order valence-electron chi connectivity index (χ3n) is 2.79. The molecule has 1 N–H and O–H groups in total. The molecule has 0 aliphatic rings. The molecule has 0 spiro atoms. The molecule has 1 rings (SSSR count). The van der Waals surface area contributed by atoms with Crippen LogP contribution < -0.4 is 0 Å². The lowest BCUT2D eigenvalue weighted by molar-refractivity contribution is -0.207. The average Bonchev–Trinajstić information content (AvgIpc) is 2.59. The fourth-order valence-corrected chi connectivity index (χ4v) is 1.81. The first-order valence-corrected chi connectivity index (χ1v) is 6.29. The first-order chi connectivity index (χ1) is 9.54. The van der Waals surface area contributed by atoms with E-state index in [0.29, 0.717) is 16.4 Å². The fraction of sp³-hybridized carbons (Fsp3) is 0.500. The number of aryl methyl sites for hydroxylation is 2. The van der Waals surface area contributed by atoms with Crippen LogP contribution in [-0.4, -0.2) is 51.6 Å². The largest absolute Gasteiger partial charge is 0.416 e. The van der Waals surface area contributed by atoms with E-state index >= 15 is 0 Å². The minimum atomic E-state index is -4.76. The summed E-state index contributed by atoms with van der Waals surface area (Å²) >= 11 is 5.96. The molecule has 1 aromatic heterocycles. The predicted octanol–water partition coefficient (Wildman–Crippen LogP) is 1.78. The molecule has 118 valence electrons. The van der Waals surface area contributed by atoms with Crippen molar-refractivity contribution in [1.82, 2.24) is 14.7 Å². The molecule has 1 atom stereocenters. The zero-order chi connectivity index (χ0) is 16.4. The van der Waals surface area contributed by atoms with E-state index in [2.05, 4.69) is 5.10 Å². The summed E-state index contributed by atoms with van der Waals surface area (Å²) in [4.78, 5) is 12.5. The van der Waals surface area contributed by atoms with Crippen LogP contribution in [-0.2, 0) is 11.8 Å². The molecule has 9 heteroatoms. The average molecular weight is 326 g/mol. The standard InChI is InChI=1S/C12H15ClF3N3O2/c1-7-8(11(13)19(3)17-7)4-5-10(21)18(2)6-9(20)12(14,15)16/h4-5,9,20H,6H2,1-3H3/b5-4+. The third kappa shape index (κ3) is 4.47. The molecule has 0 aliphatic carbocycles. The Morgan fingerprint density at radius 1 is 1.57 bits per heavy atom. The summed E-state index contributed by atoms with van der Waals surface area (Å²) in [5.74, 6) is -0.683. The van der Waals surface area contributed by atoms with Gasteiger partial charge in [0.1, 0.15) is 5.15 Å².